The summed E-state index contributed by atoms with van der Waals surface area (Å²) in [5, 5.41) is 5.55. The molecule has 154 valence electrons. The quantitative estimate of drug-likeness (QED) is 0.745. The number of halogens is 1. The summed E-state index contributed by atoms with van der Waals surface area (Å²) in [6.07, 6.45) is 2.08. The molecular weight excluding hydrogens is 410 g/mol. The van der Waals surface area contributed by atoms with E-state index in [4.69, 9.17) is 11.6 Å². The number of likely N-dealkylation sites (tertiary alicyclic amines) is 1. The van der Waals surface area contributed by atoms with E-state index in [1.165, 1.54) is 0 Å². The lowest BCUT2D eigenvalue weighted by molar-refractivity contribution is -0.120. The zero-order valence-electron chi connectivity index (χ0n) is 16.7. The molecule has 0 spiro atoms. The maximum atomic E-state index is 12.7. The van der Waals surface area contributed by atoms with E-state index in [1.807, 2.05) is 11.8 Å². The first-order valence-corrected chi connectivity index (χ1v) is 10.7. The van der Waals surface area contributed by atoms with E-state index in [0.29, 0.717) is 20.5 Å². The Labute approximate surface area is 179 Å². The van der Waals surface area contributed by atoms with Crippen LogP contribution >= 0.6 is 22.9 Å². The van der Waals surface area contributed by atoms with Gasteiger partial charge in [-0.25, -0.2) is 0 Å². The highest BCUT2D eigenvalue weighted by atomic mass is 35.5. The highest BCUT2D eigenvalue weighted by molar-refractivity contribution is 7.18. The van der Waals surface area contributed by atoms with Crippen molar-refractivity contribution < 1.29 is 14.4 Å². The molecule has 0 bridgehead atoms. The number of nitrogens with zero attached hydrogens (tertiary/aromatic N) is 1. The fourth-order valence-electron chi connectivity index (χ4n) is 3.20. The van der Waals surface area contributed by atoms with Crippen molar-refractivity contribution in [3.8, 4) is 0 Å². The fourth-order valence-corrected chi connectivity index (χ4v) is 4.14. The molecule has 2 heterocycles. The first-order chi connectivity index (χ1) is 13.7. The van der Waals surface area contributed by atoms with Gasteiger partial charge in [-0.1, -0.05) is 11.6 Å². The van der Waals surface area contributed by atoms with Crippen molar-refractivity contribution in [2.45, 2.75) is 39.2 Å². The zero-order valence-corrected chi connectivity index (χ0v) is 18.2. The number of thiophene rings is 1. The number of carbonyl (C=O) groups excluding carboxylic acids is 3. The second-order valence-electron chi connectivity index (χ2n) is 7.67. The van der Waals surface area contributed by atoms with E-state index in [2.05, 4.69) is 10.6 Å². The van der Waals surface area contributed by atoms with E-state index < -0.39 is 5.54 Å². The average Bonchev–Trinajstić information content (AvgIpc) is 3.32. The topological polar surface area (TPSA) is 78.5 Å². The Morgan fingerprint density at radius 2 is 1.79 bits per heavy atom. The number of rotatable bonds is 5. The van der Waals surface area contributed by atoms with Gasteiger partial charge in [-0.05, 0) is 69.5 Å². The number of aryl methyl sites for hydroxylation is 1. The van der Waals surface area contributed by atoms with Gasteiger partial charge in [0.1, 0.15) is 5.54 Å². The van der Waals surface area contributed by atoms with Crippen LogP contribution in [0.15, 0.2) is 30.3 Å². The van der Waals surface area contributed by atoms with Crippen molar-refractivity contribution in [3.05, 3.63) is 50.7 Å². The van der Waals surface area contributed by atoms with Gasteiger partial charge >= 0.3 is 0 Å². The van der Waals surface area contributed by atoms with Crippen LogP contribution in [0, 0.1) is 6.92 Å². The lowest BCUT2D eigenvalue weighted by Crippen LogP contribution is -2.52. The number of hydrogen-bond donors (Lipinski definition) is 2. The first kappa shape index (κ1) is 21.3. The molecule has 0 unspecified atom stereocenters. The monoisotopic (exact) mass is 433 g/mol. The van der Waals surface area contributed by atoms with Crippen molar-refractivity contribution in [2.75, 3.05) is 18.4 Å². The Morgan fingerprint density at radius 3 is 2.38 bits per heavy atom. The van der Waals surface area contributed by atoms with Gasteiger partial charge in [0.05, 0.1) is 9.21 Å². The second-order valence-corrected chi connectivity index (χ2v) is 9.38. The number of nitrogens with one attached hydrogen (secondary N) is 2. The molecule has 6 nitrogen and oxygen atoms in total. The standard InChI is InChI=1S/C21H24ClN3O3S/c1-13-12-14(6-7-15(13)19(27)25-10-4-5-11-25)23-20(28)21(2,3)24-18(26)16-8-9-17(22)29-16/h6-9,12H,4-5,10-11H2,1-3H3,(H,23,28)(H,24,26). The SMILES string of the molecule is Cc1cc(NC(=O)C(C)(C)NC(=O)c2ccc(Cl)s2)ccc1C(=O)N1CCCC1. The molecule has 0 radical (unpaired) electrons. The van der Waals surface area contributed by atoms with E-state index >= 15 is 0 Å². The van der Waals surface area contributed by atoms with Gasteiger partial charge in [0.2, 0.25) is 5.91 Å². The third kappa shape index (κ3) is 4.97. The third-order valence-corrected chi connectivity index (χ3v) is 6.13. The molecule has 0 aliphatic carbocycles. The molecule has 1 aromatic heterocycles. The lowest BCUT2D eigenvalue weighted by Gasteiger charge is -2.25. The normalized spacial score (nSPS) is 14.0. The molecular formula is C21H24ClN3O3S. The van der Waals surface area contributed by atoms with Crippen molar-refractivity contribution in [3.63, 3.8) is 0 Å². The fraction of sp³-hybridized carbons (Fsp3) is 0.381. The molecule has 8 heteroatoms. The Balaban J connectivity index is 1.66. The maximum absolute atomic E-state index is 12.7. The van der Waals surface area contributed by atoms with Crippen LogP contribution in [0.3, 0.4) is 0 Å². The van der Waals surface area contributed by atoms with E-state index in [0.717, 1.165) is 42.8 Å². The molecule has 3 amide bonds. The van der Waals surface area contributed by atoms with Crippen molar-refractivity contribution in [1.82, 2.24) is 10.2 Å². The van der Waals surface area contributed by atoms with Crippen LogP contribution in [0.1, 0.15) is 52.3 Å². The number of anilines is 1. The summed E-state index contributed by atoms with van der Waals surface area (Å²) in [4.78, 5) is 40.0. The molecule has 1 saturated heterocycles. The summed E-state index contributed by atoms with van der Waals surface area (Å²) >= 11 is 7.02. The molecule has 3 rings (SSSR count). The molecule has 2 aromatic rings. The van der Waals surface area contributed by atoms with Crippen molar-refractivity contribution in [1.29, 1.82) is 0 Å². The molecule has 1 aliphatic heterocycles. The number of benzene rings is 1. The molecule has 0 atom stereocenters. The minimum atomic E-state index is -1.13. The Bertz CT molecular complexity index is 948. The van der Waals surface area contributed by atoms with Gasteiger partial charge < -0.3 is 15.5 Å². The maximum Gasteiger partial charge on any atom is 0.262 e. The third-order valence-electron chi connectivity index (χ3n) is 4.90. The zero-order chi connectivity index (χ0) is 21.2. The highest BCUT2D eigenvalue weighted by Crippen LogP contribution is 2.23. The van der Waals surface area contributed by atoms with Crippen LogP contribution in [0.25, 0.3) is 0 Å². The van der Waals surface area contributed by atoms with E-state index in [-0.39, 0.29) is 17.7 Å². The Hall–Kier alpha value is -2.38. The minimum absolute atomic E-state index is 0.0279. The molecule has 1 aliphatic rings. The number of hydrogen-bond acceptors (Lipinski definition) is 4. The molecule has 0 saturated carbocycles. The lowest BCUT2D eigenvalue weighted by atomic mass is 10.0. The number of amides is 3. The summed E-state index contributed by atoms with van der Waals surface area (Å²) in [5.74, 6) is -0.684. The van der Waals surface area contributed by atoms with Crippen LogP contribution in [-0.4, -0.2) is 41.2 Å². The first-order valence-electron chi connectivity index (χ1n) is 9.46. The second kappa shape index (κ2) is 8.55. The summed E-state index contributed by atoms with van der Waals surface area (Å²) in [7, 11) is 0. The van der Waals surface area contributed by atoms with Crippen molar-refractivity contribution in [2.24, 2.45) is 0 Å². The predicted octanol–water partition coefficient (Wildman–Crippen LogP) is 4.09. The molecule has 1 aromatic carbocycles. The van der Waals surface area contributed by atoms with Crippen LogP contribution in [0.5, 0.6) is 0 Å². The Morgan fingerprint density at radius 1 is 1.10 bits per heavy atom. The van der Waals surface area contributed by atoms with Gasteiger partial charge in [0.15, 0.2) is 0 Å². The summed E-state index contributed by atoms with van der Waals surface area (Å²) < 4.78 is 0.511. The minimum Gasteiger partial charge on any atom is -0.339 e. The van der Waals surface area contributed by atoms with Crippen LogP contribution in [-0.2, 0) is 4.79 Å². The smallest absolute Gasteiger partial charge is 0.262 e. The Kier molecular flexibility index (Phi) is 6.29. The van der Waals surface area contributed by atoms with Crippen LogP contribution < -0.4 is 10.6 Å². The van der Waals surface area contributed by atoms with Gasteiger partial charge in [-0.15, -0.1) is 11.3 Å². The number of carbonyl (C=O) groups is 3. The summed E-state index contributed by atoms with van der Waals surface area (Å²) in [5.41, 5.74) is 0.889. The van der Waals surface area contributed by atoms with E-state index in [9.17, 15) is 14.4 Å². The summed E-state index contributed by atoms with van der Waals surface area (Å²) in [6.45, 7) is 6.70. The molecule has 29 heavy (non-hydrogen) atoms. The van der Waals surface area contributed by atoms with E-state index in [1.54, 1.807) is 44.2 Å². The van der Waals surface area contributed by atoms with Crippen molar-refractivity contribution >= 4 is 46.3 Å². The largest absolute Gasteiger partial charge is 0.339 e. The molecule has 2 N–H and O–H groups in total. The average molecular weight is 434 g/mol. The van der Waals surface area contributed by atoms with Gasteiger partial charge in [0, 0.05) is 24.3 Å². The van der Waals surface area contributed by atoms with Crippen LogP contribution in [0.2, 0.25) is 4.34 Å². The van der Waals surface area contributed by atoms with Crippen LogP contribution in [0.4, 0.5) is 5.69 Å². The van der Waals surface area contributed by atoms with Gasteiger partial charge in [0.25, 0.3) is 11.8 Å². The highest BCUT2D eigenvalue weighted by Gasteiger charge is 2.30. The summed E-state index contributed by atoms with van der Waals surface area (Å²) in [6, 6.07) is 8.49. The van der Waals surface area contributed by atoms with Gasteiger partial charge in [-0.2, -0.15) is 0 Å². The predicted molar refractivity (Wildman–Crippen MR) is 116 cm³/mol. The molecule has 1 fully saturated rings. The van der Waals surface area contributed by atoms with Gasteiger partial charge in [-0.3, -0.25) is 14.4 Å².